The molecule has 1 unspecified atom stereocenters. The Balaban J connectivity index is 0.00000144. The quantitative estimate of drug-likeness (QED) is 0.484. The van der Waals surface area contributed by atoms with Crippen LogP contribution in [-0.4, -0.2) is 16.1 Å². The number of aromatic nitrogens is 1. The minimum absolute atomic E-state index is 0. The molecule has 1 heterocycles. The van der Waals surface area contributed by atoms with Gasteiger partial charge in [-0.2, -0.15) is 0 Å². The second-order valence-electron chi connectivity index (χ2n) is 2.43. The van der Waals surface area contributed by atoms with Gasteiger partial charge in [0.25, 0.3) is 0 Å². The van der Waals surface area contributed by atoms with E-state index < -0.39 is 12.1 Å². The summed E-state index contributed by atoms with van der Waals surface area (Å²) < 4.78 is 0. The van der Waals surface area contributed by atoms with E-state index in [9.17, 15) is 9.90 Å². The van der Waals surface area contributed by atoms with Gasteiger partial charge in [-0.1, -0.05) is 6.07 Å². The first-order valence-corrected chi connectivity index (χ1v) is 3.44. The molecule has 13 heavy (non-hydrogen) atoms. The molecule has 1 aromatic heterocycles. The van der Waals surface area contributed by atoms with Gasteiger partial charge in [0.15, 0.2) is 0 Å². The number of aliphatic hydroxyl groups excluding tert-OH is 1. The van der Waals surface area contributed by atoms with E-state index in [1.807, 2.05) is 0 Å². The topological polar surface area (TPSA) is 73.2 Å². The molecule has 0 saturated carbocycles. The summed E-state index contributed by atoms with van der Waals surface area (Å²) in [6, 6.07) is 4.78. The average molecular weight is 189 g/mol. The number of rotatable bonds is 2. The molecule has 0 bridgehead atoms. The zero-order chi connectivity index (χ0) is 9.14. The Kier molecular flexibility index (Phi) is 5.17. The Morgan fingerprint density at radius 1 is 1.62 bits per heavy atom. The number of pyridine rings is 1. The summed E-state index contributed by atoms with van der Waals surface area (Å²) in [6.07, 6.45) is -1.63. The molecule has 0 aliphatic rings. The Morgan fingerprint density at radius 3 is 2.69 bits per heavy atom. The summed E-state index contributed by atoms with van der Waals surface area (Å²) >= 11 is 0. The van der Waals surface area contributed by atoms with E-state index in [-0.39, 0.29) is 35.3 Å². The second kappa shape index (κ2) is 5.34. The van der Waals surface area contributed by atoms with Crippen LogP contribution in [0.1, 0.15) is 17.5 Å². The SMILES string of the molecule is Cc1cccc(C(O)C(=O)[O-])n1.[Na+]. The normalized spacial score (nSPS) is 11.5. The molecule has 4 nitrogen and oxygen atoms in total. The van der Waals surface area contributed by atoms with Crippen molar-refractivity contribution in [1.29, 1.82) is 0 Å². The molecule has 1 aromatic rings. The molecule has 0 radical (unpaired) electrons. The van der Waals surface area contributed by atoms with Crippen molar-refractivity contribution in [2.75, 3.05) is 0 Å². The molecule has 0 saturated heterocycles. The summed E-state index contributed by atoms with van der Waals surface area (Å²) in [7, 11) is 0. The maximum Gasteiger partial charge on any atom is 1.00 e. The van der Waals surface area contributed by atoms with Crippen LogP contribution in [-0.2, 0) is 4.79 Å². The molecular weight excluding hydrogens is 181 g/mol. The molecule has 0 aliphatic heterocycles. The minimum Gasteiger partial charge on any atom is -0.547 e. The van der Waals surface area contributed by atoms with E-state index in [1.54, 1.807) is 19.1 Å². The first-order valence-electron chi connectivity index (χ1n) is 3.44. The van der Waals surface area contributed by atoms with Crippen molar-refractivity contribution in [2.24, 2.45) is 0 Å². The van der Waals surface area contributed by atoms with Crippen LogP contribution in [0.4, 0.5) is 0 Å². The number of aliphatic hydroxyl groups is 1. The van der Waals surface area contributed by atoms with Gasteiger partial charge in [-0.3, -0.25) is 4.98 Å². The number of hydrogen-bond acceptors (Lipinski definition) is 4. The molecule has 1 rings (SSSR count). The summed E-state index contributed by atoms with van der Waals surface area (Å²) in [5, 5.41) is 19.2. The fraction of sp³-hybridized carbons (Fsp3) is 0.250. The Labute approximate surface area is 97.9 Å². The third-order valence-corrected chi connectivity index (χ3v) is 1.41. The van der Waals surface area contributed by atoms with Gasteiger partial charge in [0.2, 0.25) is 0 Å². The Hall–Kier alpha value is -0.420. The summed E-state index contributed by atoms with van der Waals surface area (Å²) in [6.45, 7) is 1.71. The van der Waals surface area contributed by atoms with Gasteiger partial charge < -0.3 is 15.0 Å². The molecule has 1 N–H and O–H groups in total. The summed E-state index contributed by atoms with van der Waals surface area (Å²) in [4.78, 5) is 14.0. The van der Waals surface area contributed by atoms with Crippen LogP contribution in [0.15, 0.2) is 18.2 Å². The molecular formula is C8H8NNaO3. The number of hydrogen-bond donors (Lipinski definition) is 1. The van der Waals surface area contributed by atoms with Gasteiger partial charge in [-0.25, -0.2) is 0 Å². The number of carboxylic acid groups (broad SMARTS) is 1. The van der Waals surface area contributed by atoms with Gasteiger partial charge in [0.05, 0.1) is 11.7 Å². The van der Waals surface area contributed by atoms with E-state index >= 15 is 0 Å². The molecule has 5 heteroatoms. The molecule has 64 valence electrons. The third kappa shape index (κ3) is 3.44. The molecule has 0 fully saturated rings. The third-order valence-electron chi connectivity index (χ3n) is 1.41. The van der Waals surface area contributed by atoms with Crippen molar-refractivity contribution in [1.82, 2.24) is 4.98 Å². The molecule has 0 aliphatic carbocycles. The number of aryl methyl sites for hydroxylation is 1. The maximum absolute atomic E-state index is 10.2. The number of aliphatic carboxylic acids is 1. The van der Waals surface area contributed by atoms with Gasteiger partial charge in [0, 0.05) is 5.69 Å². The van der Waals surface area contributed by atoms with Crippen molar-refractivity contribution in [3.05, 3.63) is 29.6 Å². The zero-order valence-corrected chi connectivity index (χ0v) is 9.52. The fourth-order valence-electron chi connectivity index (χ4n) is 0.837. The molecule has 1 atom stereocenters. The van der Waals surface area contributed by atoms with E-state index in [0.717, 1.165) is 0 Å². The minimum atomic E-state index is -1.63. The molecule has 0 aromatic carbocycles. The standard InChI is InChI=1S/C8H9NO3.Na/c1-5-3-2-4-6(9-5)7(10)8(11)12;/h2-4,7,10H,1H3,(H,11,12);/q;+1/p-1. The van der Waals surface area contributed by atoms with Gasteiger partial charge in [0.1, 0.15) is 6.10 Å². The van der Waals surface area contributed by atoms with E-state index in [2.05, 4.69) is 4.98 Å². The second-order valence-corrected chi connectivity index (χ2v) is 2.43. The largest absolute Gasteiger partial charge is 1.00 e. The van der Waals surface area contributed by atoms with Crippen molar-refractivity contribution in [3.8, 4) is 0 Å². The van der Waals surface area contributed by atoms with Crippen molar-refractivity contribution >= 4 is 5.97 Å². The van der Waals surface area contributed by atoms with Crippen LogP contribution in [0.5, 0.6) is 0 Å². The predicted molar refractivity (Wildman–Crippen MR) is 38.9 cm³/mol. The van der Waals surface area contributed by atoms with Crippen LogP contribution in [0.3, 0.4) is 0 Å². The Morgan fingerprint density at radius 2 is 2.23 bits per heavy atom. The summed E-state index contributed by atoms with van der Waals surface area (Å²) in [5.41, 5.74) is 0.766. The van der Waals surface area contributed by atoms with Crippen LogP contribution in [0.25, 0.3) is 0 Å². The maximum atomic E-state index is 10.2. The van der Waals surface area contributed by atoms with Gasteiger partial charge >= 0.3 is 29.6 Å². The molecule has 0 amide bonds. The molecule has 0 spiro atoms. The van der Waals surface area contributed by atoms with Crippen LogP contribution < -0.4 is 34.7 Å². The first kappa shape index (κ1) is 12.6. The fourth-order valence-corrected chi connectivity index (χ4v) is 0.837. The average Bonchev–Trinajstić information content (AvgIpc) is 2.03. The van der Waals surface area contributed by atoms with Crippen molar-refractivity contribution in [2.45, 2.75) is 13.0 Å². The van der Waals surface area contributed by atoms with Crippen LogP contribution in [0.2, 0.25) is 0 Å². The number of carboxylic acids is 1. The number of nitrogens with zero attached hydrogens (tertiary/aromatic N) is 1. The first-order chi connectivity index (χ1) is 5.61. The smallest absolute Gasteiger partial charge is 0.547 e. The monoisotopic (exact) mass is 189 g/mol. The number of carbonyl (C=O) groups excluding carboxylic acids is 1. The van der Waals surface area contributed by atoms with Crippen LogP contribution >= 0.6 is 0 Å². The summed E-state index contributed by atoms with van der Waals surface area (Å²) in [5.74, 6) is -1.53. The van der Waals surface area contributed by atoms with E-state index in [0.29, 0.717) is 5.69 Å². The van der Waals surface area contributed by atoms with Gasteiger partial charge in [-0.15, -0.1) is 0 Å². The Bertz CT molecular complexity index is 303. The van der Waals surface area contributed by atoms with E-state index in [1.165, 1.54) is 6.07 Å². The predicted octanol–water partition coefficient (Wildman–Crippen LogP) is -3.82. The van der Waals surface area contributed by atoms with Gasteiger partial charge in [-0.05, 0) is 19.1 Å². The number of carbonyl (C=O) groups is 1. The van der Waals surface area contributed by atoms with E-state index in [4.69, 9.17) is 5.11 Å². The zero-order valence-electron chi connectivity index (χ0n) is 7.52. The van der Waals surface area contributed by atoms with Crippen LogP contribution in [0, 0.1) is 6.92 Å². The van der Waals surface area contributed by atoms with Crippen molar-refractivity contribution in [3.63, 3.8) is 0 Å². The van der Waals surface area contributed by atoms with Crippen molar-refractivity contribution < 1.29 is 44.6 Å².